The fourth-order valence-corrected chi connectivity index (χ4v) is 5.89. The second-order valence-corrected chi connectivity index (χ2v) is 12.4. The summed E-state index contributed by atoms with van der Waals surface area (Å²) in [4.78, 5) is 47.9. The van der Waals surface area contributed by atoms with Crippen molar-refractivity contribution < 1.29 is 41.5 Å². The average molecular weight is 669 g/mol. The second kappa shape index (κ2) is 12.6. The number of anilines is 2. The van der Waals surface area contributed by atoms with Crippen molar-refractivity contribution in [3.8, 4) is 0 Å². The number of urea groups is 1. The molecule has 2 aromatic carbocycles. The van der Waals surface area contributed by atoms with Gasteiger partial charge in [0.05, 0.1) is 16.9 Å². The van der Waals surface area contributed by atoms with Crippen molar-refractivity contribution in [3.05, 3.63) is 82.8 Å². The van der Waals surface area contributed by atoms with Gasteiger partial charge in [0.25, 0.3) is 5.91 Å². The third-order valence-electron chi connectivity index (χ3n) is 8.50. The van der Waals surface area contributed by atoms with Crippen LogP contribution in [0.25, 0.3) is 11.1 Å². The van der Waals surface area contributed by atoms with Crippen LogP contribution in [-0.4, -0.2) is 57.5 Å². The number of oxazole rings is 1. The number of aromatic nitrogens is 2. The largest absolute Gasteiger partial charge is 0.440 e. The van der Waals surface area contributed by atoms with Crippen molar-refractivity contribution >= 4 is 40.3 Å². The summed E-state index contributed by atoms with van der Waals surface area (Å²) in [5.74, 6) is -1.08. The number of hydrogen-bond donors (Lipinski definition) is 3. The van der Waals surface area contributed by atoms with Crippen molar-refractivity contribution in [2.45, 2.75) is 57.3 Å². The lowest BCUT2D eigenvalue weighted by atomic mass is 9.95. The number of imide groups is 1. The molecule has 2 aromatic heterocycles. The first-order valence-corrected chi connectivity index (χ1v) is 15.3. The van der Waals surface area contributed by atoms with Gasteiger partial charge in [0.2, 0.25) is 5.91 Å². The highest BCUT2D eigenvalue weighted by atomic mass is 19.4. The van der Waals surface area contributed by atoms with Gasteiger partial charge >= 0.3 is 12.2 Å². The maximum atomic E-state index is 15.0. The Bertz CT molecular complexity index is 1880. The number of amides is 4. The molecule has 0 saturated carbocycles. The zero-order chi connectivity index (χ0) is 34.4. The minimum Gasteiger partial charge on any atom is -0.440 e. The van der Waals surface area contributed by atoms with E-state index in [1.807, 2.05) is 0 Å². The SMILES string of the molecule is CC(C)(O)c1cc2nc(C3CCN(Cc4ccc(N5CCC(=O)NC5=O)cc4F)CC3)oc2cc1NC(=O)c1ccc(C(F)(F)F)nc1. The number of rotatable bonds is 7. The van der Waals surface area contributed by atoms with Gasteiger partial charge in [-0.05, 0) is 70.1 Å². The first-order chi connectivity index (χ1) is 22.7. The van der Waals surface area contributed by atoms with E-state index in [0.717, 1.165) is 18.3 Å². The fourth-order valence-electron chi connectivity index (χ4n) is 5.89. The molecule has 3 N–H and O–H groups in total. The molecule has 11 nitrogen and oxygen atoms in total. The fraction of sp³-hybridized carbons (Fsp3) is 0.364. The number of aliphatic hydroxyl groups is 1. The molecular formula is C33H32F4N6O5. The number of likely N-dealkylation sites (tertiary alicyclic amines) is 1. The highest BCUT2D eigenvalue weighted by molar-refractivity contribution is 6.06. The number of nitrogens with one attached hydrogen (secondary N) is 2. The van der Waals surface area contributed by atoms with E-state index in [-0.39, 0.29) is 36.0 Å². The standard InChI is InChI=1S/C33H32F4N6O5/c1-32(2,47)22-14-25-26(15-24(22)39-29(45)19-4-6-27(38-16-19)33(35,36)37)48-30(40-25)18-7-10-42(11-8-18)17-20-3-5-21(13-23(20)34)43-12-9-28(44)41-31(43)46/h3-6,13-16,18,47H,7-12,17H2,1-2H3,(H,39,45)(H,41,44,46). The summed E-state index contributed by atoms with van der Waals surface area (Å²) in [5.41, 5.74) is -0.409. The topological polar surface area (TPSA) is 141 Å². The first-order valence-electron chi connectivity index (χ1n) is 15.3. The second-order valence-electron chi connectivity index (χ2n) is 12.4. The molecule has 0 radical (unpaired) electrons. The van der Waals surface area contributed by atoms with Gasteiger partial charge in [-0.25, -0.2) is 14.2 Å². The van der Waals surface area contributed by atoms with Gasteiger partial charge in [0, 0.05) is 54.5 Å². The Hall–Kier alpha value is -4.89. The predicted molar refractivity (Wildman–Crippen MR) is 166 cm³/mol. The molecule has 252 valence electrons. The molecule has 2 saturated heterocycles. The normalized spacial score (nSPS) is 16.8. The molecule has 48 heavy (non-hydrogen) atoms. The van der Waals surface area contributed by atoms with Crippen molar-refractivity contribution in [2.75, 3.05) is 29.9 Å². The van der Waals surface area contributed by atoms with Crippen LogP contribution < -0.4 is 15.5 Å². The van der Waals surface area contributed by atoms with E-state index in [2.05, 4.69) is 25.5 Å². The summed E-state index contributed by atoms with van der Waals surface area (Å²) in [6, 6.07) is 8.91. The smallest absolute Gasteiger partial charge is 0.433 e. The van der Waals surface area contributed by atoms with Crippen LogP contribution in [-0.2, 0) is 23.1 Å². The summed E-state index contributed by atoms with van der Waals surface area (Å²) in [5, 5.41) is 15.7. The highest BCUT2D eigenvalue weighted by Crippen LogP contribution is 2.36. The van der Waals surface area contributed by atoms with Gasteiger partial charge in [-0.3, -0.25) is 29.7 Å². The molecule has 0 bridgehead atoms. The molecule has 0 atom stereocenters. The zero-order valence-electron chi connectivity index (χ0n) is 26.0. The van der Waals surface area contributed by atoms with Gasteiger partial charge in [-0.2, -0.15) is 13.2 Å². The van der Waals surface area contributed by atoms with Gasteiger partial charge in [-0.15, -0.1) is 0 Å². The lowest BCUT2D eigenvalue weighted by molar-refractivity contribution is -0.141. The minimum atomic E-state index is -4.64. The minimum absolute atomic E-state index is 0.0388. The summed E-state index contributed by atoms with van der Waals surface area (Å²) >= 11 is 0. The van der Waals surface area contributed by atoms with Crippen LogP contribution >= 0.6 is 0 Å². The number of carbonyl (C=O) groups is 3. The van der Waals surface area contributed by atoms with Crippen molar-refractivity contribution in [3.63, 3.8) is 0 Å². The lowest BCUT2D eigenvalue weighted by Gasteiger charge is -2.31. The van der Waals surface area contributed by atoms with Crippen LogP contribution in [0.15, 0.2) is 53.1 Å². The zero-order valence-corrected chi connectivity index (χ0v) is 26.0. The van der Waals surface area contributed by atoms with E-state index in [9.17, 15) is 32.7 Å². The van der Waals surface area contributed by atoms with E-state index in [4.69, 9.17) is 4.42 Å². The lowest BCUT2D eigenvalue weighted by Crippen LogP contribution is -2.49. The van der Waals surface area contributed by atoms with Crippen molar-refractivity contribution in [2.24, 2.45) is 0 Å². The van der Waals surface area contributed by atoms with E-state index in [0.29, 0.717) is 66.3 Å². The van der Waals surface area contributed by atoms with Gasteiger partial charge in [0.15, 0.2) is 11.5 Å². The number of piperidine rings is 1. The molecule has 4 heterocycles. The van der Waals surface area contributed by atoms with Gasteiger partial charge in [-0.1, -0.05) is 6.07 Å². The van der Waals surface area contributed by atoms with Gasteiger partial charge in [0.1, 0.15) is 17.0 Å². The number of pyridine rings is 1. The number of halogens is 4. The van der Waals surface area contributed by atoms with Crippen LogP contribution in [0.3, 0.4) is 0 Å². The molecule has 2 fully saturated rings. The number of hydrogen-bond acceptors (Lipinski definition) is 8. The van der Waals surface area contributed by atoms with Crippen LogP contribution in [0, 0.1) is 5.82 Å². The van der Waals surface area contributed by atoms with E-state index >= 15 is 4.39 Å². The molecule has 15 heteroatoms. The molecule has 2 aliphatic heterocycles. The summed E-state index contributed by atoms with van der Waals surface area (Å²) in [6.07, 6.45) is -2.30. The molecule has 0 aliphatic carbocycles. The summed E-state index contributed by atoms with van der Waals surface area (Å²) in [6.45, 7) is 4.88. The Morgan fingerprint density at radius 1 is 1.08 bits per heavy atom. The quantitative estimate of drug-likeness (QED) is 0.214. The maximum absolute atomic E-state index is 15.0. The highest BCUT2D eigenvalue weighted by Gasteiger charge is 2.33. The Morgan fingerprint density at radius 2 is 1.83 bits per heavy atom. The number of alkyl halides is 3. The van der Waals surface area contributed by atoms with Crippen LogP contribution in [0.5, 0.6) is 0 Å². The number of fused-ring (bicyclic) bond motifs is 1. The maximum Gasteiger partial charge on any atom is 0.433 e. The molecule has 4 aromatic rings. The van der Waals surface area contributed by atoms with E-state index < -0.39 is 35.2 Å². The summed E-state index contributed by atoms with van der Waals surface area (Å²) in [7, 11) is 0. The summed E-state index contributed by atoms with van der Waals surface area (Å²) < 4.78 is 59.8. The molecule has 6 rings (SSSR count). The first kappa shape index (κ1) is 33.0. The molecule has 0 spiro atoms. The Kier molecular flexibility index (Phi) is 8.68. The molecule has 4 amide bonds. The monoisotopic (exact) mass is 668 g/mol. The van der Waals surface area contributed by atoms with Crippen LogP contribution in [0.4, 0.5) is 33.7 Å². The molecule has 0 unspecified atom stereocenters. The Labute approximate surface area is 271 Å². The van der Waals surface area contributed by atoms with Gasteiger partial charge < -0.3 is 14.8 Å². The van der Waals surface area contributed by atoms with E-state index in [1.165, 1.54) is 30.9 Å². The third kappa shape index (κ3) is 7.01. The number of benzene rings is 2. The average Bonchev–Trinajstić information content (AvgIpc) is 3.44. The molecule has 2 aliphatic rings. The van der Waals surface area contributed by atoms with Crippen LogP contribution in [0.1, 0.15) is 72.1 Å². The van der Waals surface area contributed by atoms with Crippen LogP contribution in [0.2, 0.25) is 0 Å². The number of nitrogens with zero attached hydrogens (tertiary/aromatic N) is 4. The predicted octanol–water partition coefficient (Wildman–Crippen LogP) is 5.69. The Balaban J connectivity index is 1.13. The number of carbonyl (C=O) groups excluding carboxylic acids is 3. The Morgan fingerprint density at radius 3 is 2.46 bits per heavy atom. The third-order valence-corrected chi connectivity index (χ3v) is 8.50. The van der Waals surface area contributed by atoms with Crippen molar-refractivity contribution in [1.29, 1.82) is 0 Å². The van der Waals surface area contributed by atoms with E-state index in [1.54, 1.807) is 18.2 Å². The van der Waals surface area contributed by atoms with Crippen molar-refractivity contribution in [1.82, 2.24) is 20.2 Å². The molecular weight excluding hydrogens is 636 g/mol.